The van der Waals surface area contributed by atoms with Crippen molar-refractivity contribution >= 4 is 18.3 Å². The van der Waals surface area contributed by atoms with Crippen LogP contribution in [0.3, 0.4) is 0 Å². The van der Waals surface area contributed by atoms with Crippen molar-refractivity contribution < 1.29 is 4.79 Å². The number of carbonyl (C=O) groups excluding carboxylic acids is 1. The Morgan fingerprint density at radius 2 is 1.69 bits per heavy atom. The molecule has 6 nitrogen and oxygen atoms in total. The first-order chi connectivity index (χ1) is 11.8. The minimum Gasteiger partial charge on any atom is -0.366 e. The number of carbonyl (C=O) groups is 1. The number of amides is 1. The lowest BCUT2D eigenvalue weighted by Gasteiger charge is -2.29. The van der Waals surface area contributed by atoms with Crippen LogP contribution in [0.5, 0.6) is 0 Å². The number of halogens is 1. The predicted octanol–water partition coefficient (Wildman–Crippen LogP) is 3.21. The largest absolute Gasteiger partial charge is 0.366 e. The highest BCUT2D eigenvalue weighted by atomic mass is 35.5. The van der Waals surface area contributed by atoms with E-state index in [2.05, 4.69) is 20.8 Å². The first-order valence-electron chi connectivity index (χ1n) is 8.89. The second kappa shape index (κ2) is 7.76. The van der Waals surface area contributed by atoms with Crippen LogP contribution in [-0.2, 0) is 5.54 Å². The van der Waals surface area contributed by atoms with Gasteiger partial charge < -0.3 is 11.5 Å². The van der Waals surface area contributed by atoms with E-state index in [0.717, 1.165) is 37.1 Å². The highest BCUT2D eigenvalue weighted by Crippen LogP contribution is 2.34. The van der Waals surface area contributed by atoms with E-state index in [1.807, 2.05) is 16.8 Å². The van der Waals surface area contributed by atoms with Gasteiger partial charge in [-0.1, -0.05) is 12.1 Å². The molecule has 1 aliphatic carbocycles. The molecule has 3 rings (SSSR count). The van der Waals surface area contributed by atoms with Gasteiger partial charge in [0.05, 0.1) is 5.54 Å². The van der Waals surface area contributed by atoms with Crippen molar-refractivity contribution in [2.45, 2.75) is 64.0 Å². The van der Waals surface area contributed by atoms with Crippen LogP contribution < -0.4 is 11.5 Å². The molecule has 0 aliphatic heterocycles. The predicted molar refractivity (Wildman–Crippen MR) is 105 cm³/mol. The van der Waals surface area contributed by atoms with Gasteiger partial charge in [-0.2, -0.15) is 5.10 Å². The minimum atomic E-state index is -0.432. The van der Waals surface area contributed by atoms with E-state index >= 15 is 0 Å². The summed E-state index contributed by atoms with van der Waals surface area (Å²) in [6.07, 6.45) is 4.17. The van der Waals surface area contributed by atoms with E-state index in [-0.39, 0.29) is 17.9 Å². The lowest BCUT2D eigenvalue weighted by Crippen LogP contribution is -2.30. The molecule has 0 bridgehead atoms. The highest BCUT2D eigenvalue weighted by Gasteiger charge is 2.29. The average Bonchev–Trinajstić information content (AvgIpc) is 3.01. The van der Waals surface area contributed by atoms with Crippen LogP contribution in [0.1, 0.15) is 68.6 Å². The maximum absolute atomic E-state index is 11.2. The van der Waals surface area contributed by atoms with Gasteiger partial charge in [-0.25, -0.2) is 9.67 Å². The zero-order chi connectivity index (χ0) is 18.2. The van der Waals surface area contributed by atoms with Crippen LogP contribution in [0.2, 0.25) is 0 Å². The third-order valence-corrected chi connectivity index (χ3v) is 4.83. The summed E-state index contributed by atoms with van der Waals surface area (Å²) in [5.74, 6) is 1.69. The summed E-state index contributed by atoms with van der Waals surface area (Å²) < 4.78 is 2.05. The molecular weight excluding hydrogens is 350 g/mol. The SMILES string of the molecule is CC(C)(C)n1nc(-c2ccc(C(N)=O)cc2)nc1C1CCC(N)CC1.Cl. The van der Waals surface area contributed by atoms with E-state index in [0.29, 0.717) is 23.3 Å². The van der Waals surface area contributed by atoms with Crippen LogP contribution >= 0.6 is 12.4 Å². The second-order valence-corrected chi connectivity index (χ2v) is 7.93. The molecule has 0 saturated heterocycles. The summed E-state index contributed by atoms with van der Waals surface area (Å²) in [4.78, 5) is 16.1. The number of rotatable bonds is 3. The topological polar surface area (TPSA) is 99.8 Å². The number of aromatic nitrogens is 3. The molecule has 1 aromatic carbocycles. The molecule has 1 heterocycles. The average molecular weight is 378 g/mol. The van der Waals surface area contributed by atoms with E-state index in [1.54, 1.807) is 12.1 Å². The van der Waals surface area contributed by atoms with Gasteiger partial charge in [0.25, 0.3) is 0 Å². The third-order valence-electron chi connectivity index (χ3n) is 4.83. The van der Waals surface area contributed by atoms with Crippen molar-refractivity contribution in [2.75, 3.05) is 0 Å². The lowest BCUT2D eigenvalue weighted by atomic mass is 9.85. The Balaban J connectivity index is 0.00000243. The lowest BCUT2D eigenvalue weighted by molar-refractivity contribution is 0.100. The standard InChI is InChI=1S/C19H27N5O.ClH/c1-19(2,3)24-18(14-8-10-15(20)11-9-14)22-17(23-24)13-6-4-12(5-7-13)16(21)25;/h4-7,14-15H,8-11,20H2,1-3H3,(H2,21,25);1H. The highest BCUT2D eigenvalue weighted by molar-refractivity contribution is 5.93. The minimum absolute atomic E-state index is 0. The maximum atomic E-state index is 11.2. The van der Waals surface area contributed by atoms with E-state index < -0.39 is 5.91 Å². The summed E-state index contributed by atoms with van der Waals surface area (Å²) in [7, 11) is 0. The maximum Gasteiger partial charge on any atom is 0.248 e. The first kappa shape index (κ1) is 20.4. The molecular formula is C19H28ClN5O. The van der Waals surface area contributed by atoms with Crippen LogP contribution in [-0.4, -0.2) is 26.7 Å². The molecule has 0 unspecified atom stereocenters. The fourth-order valence-corrected chi connectivity index (χ4v) is 3.37. The van der Waals surface area contributed by atoms with Gasteiger partial charge in [-0.3, -0.25) is 4.79 Å². The van der Waals surface area contributed by atoms with Crippen LogP contribution in [0.4, 0.5) is 0 Å². The Morgan fingerprint density at radius 3 is 2.19 bits per heavy atom. The molecule has 4 N–H and O–H groups in total. The Labute approximate surface area is 160 Å². The van der Waals surface area contributed by atoms with E-state index in [1.165, 1.54) is 0 Å². The summed E-state index contributed by atoms with van der Waals surface area (Å²) in [5, 5.41) is 4.78. The van der Waals surface area contributed by atoms with Gasteiger partial charge in [0.15, 0.2) is 5.82 Å². The molecule has 1 aromatic heterocycles. The number of hydrogen-bond acceptors (Lipinski definition) is 4. The van der Waals surface area contributed by atoms with Gasteiger partial charge in [-0.15, -0.1) is 12.4 Å². The van der Waals surface area contributed by atoms with Crippen molar-refractivity contribution in [3.63, 3.8) is 0 Å². The molecule has 1 fully saturated rings. The van der Waals surface area contributed by atoms with Gasteiger partial charge >= 0.3 is 0 Å². The van der Waals surface area contributed by atoms with Crippen LogP contribution in [0.15, 0.2) is 24.3 Å². The summed E-state index contributed by atoms with van der Waals surface area (Å²) >= 11 is 0. The second-order valence-electron chi connectivity index (χ2n) is 7.93. The third kappa shape index (κ3) is 4.24. The van der Waals surface area contributed by atoms with E-state index in [9.17, 15) is 4.79 Å². The zero-order valence-corrected chi connectivity index (χ0v) is 16.4. The van der Waals surface area contributed by atoms with Crippen molar-refractivity contribution in [1.82, 2.24) is 14.8 Å². The molecule has 2 aromatic rings. The quantitative estimate of drug-likeness (QED) is 0.857. The molecule has 1 aliphatic rings. The van der Waals surface area contributed by atoms with Gasteiger partial charge in [0, 0.05) is 23.1 Å². The Kier molecular flexibility index (Phi) is 6.09. The first-order valence-corrected chi connectivity index (χ1v) is 8.89. The summed E-state index contributed by atoms with van der Waals surface area (Å²) in [6, 6.07) is 7.44. The molecule has 7 heteroatoms. The van der Waals surface area contributed by atoms with Crippen molar-refractivity contribution in [2.24, 2.45) is 11.5 Å². The van der Waals surface area contributed by atoms with Gasteiger partial charge in [0.2, 0.25) is 5.91 Å². The van der Waals surface area contributed by atoms with Crippen molar-refractivity contribution in [3.8, 4) is 11.4 Å². The van der Waals surface area contributed by atoms with Crippen LogP contribution in [0.25, 0.3) is 11.4 Å². The Hall–Kier alpha value is -1.92. The Morgan fingerprint density at radius 1 is 1.12 bits per heavy atom. The van der Waals surface area contributed by atoms with Crippen molar-refractivity contribution in [1.29, 1.82) is 0 Å². The Bertz CT molecular complexity index is 755. The molecule has 0 radical (unpaired) electrons. The number of benzene rings is 1. The number of primary amides is 1. The number of hydrogen-bond donors (Lipinski definition) is 2. The smallest absolute Gasteiger partial charge is 0.248 e. The number of nitrogens with two attached hydrogens (primary N) is 2. The molecule has 26 heavy (non-hydrogen) atoms. The summed E-state index contributed by atoms with van der Waals surface area (Å²) in [6.45, 7) is 6.42. The zero-order valence-electron chi connectivity index (χ0n) is 15.6. The monoisotopic (exact) mass is 377 g/mol. The molecule has 1 saturated carbocycles. The molecule has 0 spiro atoms. The van der Waals surface area contributed by atoms with Crippen molar-refractivity contribution in [3.05, 3.63) is 35.7 Å². The molecule has 142 valence electrons. The molecule has 1 amide bonds. The molecule has 0 atom stereocenters. The van der Waals surface area contributed by atoms with E-state index in [4.69, 9.17) is 21.5 Å². The van der Waals surface area contributed by atoms with Gasteiger partial charge in [-0.05, 0) is 58.6 Å². The fourth-order valence-electron chi connectivity index (χ4n) is 3.37. The van der Waals surface area contributed by atoms with Crippen LogP contribution in [0, 0.1) is 0 Å². The summed E-state index contributed by atoms with van der Waals surface area (Å²) in [5.41, 5.74) is 12.6. The fraction of sp³-hybridized carbons (Fsp3) is 0.526. The number of nitrogens with zero attached hydrogens (tertiary/aromatic N) is 3. The normalized spacial score (nSPS) is 20.5. The van der Waals surface area contributed by atoms with Gasteiger partial charge in [0.1, 0.15) is 5.82 Å².